The minimum absolute atomic E-state index is 0.00972. The standard InChI is InChI=1S/C48H82N4O4/c1-7-9-11-13-15-17-19-21-23-27-39-55-45-33-29-43(30-34-45)49-47(53)41-51(3,4)37-25-26-38-52(5,6)42-48(54)50-44-31-35-46(36-32-44)56-40-28-24-22-20-18-16-14-12-10-8-2/h29-36H,7-28,37-42H2,1-6H3/p+2. The highest BCUT2D eigenvalue weighted by molar-refractivity contribution is 5.92. The maximum atomic E-state index is 12.9. The molecular formula is C48H84N4O4+2. The highest BCUT2D eigenvalue weighted by Crippen LogP contribution is 2.19. The van der Waals surface area contributed by atoms with Gasteiger partial charge in [0.05, 0.1) is 54.5 Å². The number of carbonyl (C=O) groups excluding carboxylic acids is 2. The van der Waals surface area contributed by atoms with Crippen molar-refractivity contribution in [1.82, 2.24) is 0 Å². The first-order valence-corrected chi connectivity index (χ1v) is 22.7. The zero-order chi connectivity index (χ0) is 40.7. The van der Waals surface area contributed by atoms with Crippen LogP contribution >= 0.6 is 0 Å². The minimum atomic E-state index is 0.00972. The molecule has 2 amide bonds. The van der Waals surface area contributed by atoms with Crippen molar-refractivity contribution in [1.29, 1.82) is 0 Å². The summed E-state index contributed by atoms with van der Waals surface area (Å²) in [6.45, 7) is 8.59. The topological polar surface area (TPSA) is 76.7 Å². The molecule has 0 unspecified atom stereocenters. The highest BCUT2D eigenvalue weighted by atomic mass is 16.5. The first-order chi connectivity index (χ1) is 27.0. The number of likely N-dealkylation sites (N-methyl/N-ethyl adjacent to an activating group) is 2. The molecule has 8 heteroatoms. The van der Waals surface area contributed by atoms with Crippen LogP contribution in [-0.4, -0.2) is 88.4 Å². The van der Waals surface area contributed by atoms with Crippen LogP contribution in [0.5, 0.6) is 11.5 Å². The maximum Gasteiger partial charge on any atom is 0.279 e. The Balaban J connectivity index is 1.54. The second kappa shape index (κ2) is 30.0. The number of amides is 2. The second-order valence-electron chi connectivity index (χ2n) is 17.5. The predicted molar refractivity (Wildman–Crippen MR) is 238 cm³/mol. The Morgan fingerprint density at radius 1 is 0.429 bits per heavy atom. The van der Waals surface area contributed by atoms with Crippen LogP contribution < -0.4 is 20.1 Å². The summed E-state index contributed by atoms with van der Waals surface area (Å²) >= 11 is 0. The van der Waals surface area contributed by atoms with Gasteiger partial charge in [-0.25, -0.2) is 0 Å². The number of anilines is 2. The lowest BCUT2D eigenvalue weighted by Crippen LogP contribution is -2.48. The van der Waals surface area contributed by atoms with Gasteiger partial charge in [-0.05, 0) is 61.4 Å². The van der Waals surface area contributed by atoms with Gasteiger partial charge in [0, 0.05) is 24.2 Å². The molecule has 0 atom stereocenters. The zero-order valence-electron chi connectivity index (χ0n) is 36.9. The van der Waals surface area contributed by atoms with E-state index in [0.29, 0.717) is 22.1 Å². The fraction of sp³-hybridized carbons (Fsp3) is 0.708. The van der Waals surface area contributed by atoms with E-state index in [4.69, 9.17) is 9.47 Å². The monoisotopic (exact) mass is 781 g/mol. The predicted octanol–water partition coefficient (Wildman–Crippen LogP) is 11.8. The Hall–Kier alpha value is -3.10. The van der Waals surface area contributed by atoms with Gasteiger partial charge < -0.3 is 29.1 Å². The molecule has 2 N–H and O–H groups in total. The average Bonchev–Trinajstić information content (AvgIpc) is 3.15. The molecule has 0 aliphatic heterocycles. The van der Waals surface area contributed by atoms with Gasteiger partial charge in [-0.1, -0.05) is 129 Å². The Morgan fingerprint density at radius 3 is 1.02 bits per heavy atom. The number of nitrogens with one attached hydrogen (secondary N) is 2. The molecule has 0 heterocycles. The minimum Gasteiger partial charge on any atom is -0.494 e. The van der Waals surface area contributed by atoms with E-state index in [9.17, 15) is 9.59 Å². The van der Waals surface area contributed by atoms with Gasteiger partial charge in [-0.3, -0.25) is 9.59 Å². The van der Waals surface area contributed by atoms with Crippen molar-refractivity contribution in [2.45, 2.75) is 155 Å². The molecule has 0 saturated heterocycles. The highest BCUT2D eigenvalue weighted by Gasteiger charge is 2.23. The summed E-state index contributed by atoms with van der Waals surface area (Å²) in [5, 5.41) is 6.11. The number of benzene rings is 2. The van der Waals surface area contributed by atoms with Crippen LogP contribution in [0.1, 0.15) is 155 Å². The van der Waals surface area contributed by atoms with E-state index in [-0.39, 0.29) is 11.8 Å². The second-order valence-corrected chi connectivity index (χ2v) is 17.5. The molecule has 2 aromatic carbocycles. The molecule has 0 aromatic heterocycles. The van der Waals surface area contributed by atoms with Crippen LogP contribution in [0.3, 0.4) is 0 Å². The number of quaternary nitrogens is 2. The van der Waals surface area contributed by atoms with Crippen LogP contribution in [0.4, 0.5) is 11.4 Å². The average molecular weight is 781 g/mol. The molecule has 0 bridgehead atoms. The van der Waals surface area contributed by atoms with Crippen molar-refractivity contribution in [2.75, 3.05) is 78.2 Å². The van der Waals surface area contributed by atoms with E-state index in [1.807, 2.05) is 48.5 Å². The maximum absolute atomic E-state index is 12.9. The van der Waals surface area contributed by atoms with Gasteiger partial charge in [0.15, 0.2) is 13.1 Å². The van der Waals surface area contributed by atoms with Gasteiger partial charge in [0.1, 0.15) is 11.5 Å². The quantitative estimate of drug-likeness (QED) is 0.0539. The molecule has 0 saturated carbocycles. The fourth-order valence-electron chi connectivity index (χ4n) is 7.24. The molecule has 2 rings (SSSR count). The molecular weight excluding hydrogens is 697 g/mol. The summed E-state index contributed by atoms with van der Waals surface area (Å²) in [6.07, 6.45) is 28.2. The van der Waals surface area contributed by atoms with Crippen molar-refractivity contribution in [3.05, 3.63) is 48.5 Å². The van der Waals surface area contributed by atoms with Crippen molar-refractivity contribution < 1.29 is 28.0 Å². The van der Waals surface area contributed by atoms with E-state index in [2.05, 4.69) is 52.7 Å². The lowest BCUT2D eigenvalue weighted by atomic mass is 10.1. The van der Waals surface area contributed by atoms with Crippen LogP contribution in [0.15, 0.2) is 48.5 Å². The number of nitrogens with zero attached hydrogens (tertiary/aromatic N) is 2. The number of ether oxygens (including phenoxy) is 2. The lowest BCUT2D eigenvalue weighted by molar-refractivity contribution is -0.888. The summed E-state index contributed by atoms with van der Waals surface area (Å²) in [6, 6.07) is 15.5. The Labute approximate surface area is 343 Å². The van der Waals surface area contributed by atoms with Crippen molar-refractivity contribution in [2.24, 2.45) is 0 Å². The largest absolute Gasteiger partial charge is 0.494 e. The molecule has 0 fully saturated rings. The van der Waals surface area contributed by atoms with Crippen molar-refractivity contribution in [3.8, 4) is 11.5 Å². The smallest absolute Gasteiger partial charge is 0.279 e. The van der Waals surface area contributed by atoms with Crippen LogP contribution in [0.2, 0.25) is 0 Å². The lowest BCUT2D eigenvalue weighted by Gasteiger charge is -2.31. The van der Waals surface area contributed by atoms with E-state index in [1.165, 1.54) is 116 Å². The number of hydrogen-bond acceptors (Lipinski definition) is 4. The van der Waals surface area contributed by atoms with Gasteiger partial charge in [-0.15, -0.1) is 0 Å². The summed E-state index contributed by atoms with van der Waals surface area (Å²) in [7, 11) is 8.41. The molecule has 0 aliphatic rings. The van der Waals surface area contributed by atoms with E-state index in [0.717, 1.165) is 74.9 Å². The summed E-state index contributed by atoms with van der Waals surface area (Å²) in [5.74, 6) is 1.72. The molecule has 318 valence electrons. The SMILES string of the molecule is CCCCCCCCCCCCOc1ccc(NC(=O)C[N+](C)(C)CCCC[N+](C)(C)CC(=O)Nc2ccc(OCCCCCCCCCCCC)cc2)cc1. The zero-order valence-corrected chi connectivity index (χ0v) is 36.9. The van der Waals surface area contributed by atoms with Crippen LogP contribution in [0, 0.1) is 0 Å². The van der Waals surface area contributed by atoms with E-state index >= 15 is 0 Å². The number of carbonyl (C=O) groups is 2. The molecule has 0 aliphatic carbocycles. The Bertz CT molecular complexity index is 1180. The Morgan fingerprint density at radius 2 is 0.714 bits per heavy atom. The Kier molecular flexibility index (Phi) is 26.3. The molecule has 2 aromatic rings. The normalized spacial score (nSPS) is 11.8. The van der Waals surface area contributed by atoms with E-state index in [1.54, 1.807) is 0 Å². The fourth-order valence-corrected chi connectivity index (χ4v) is 7.24. The molecule has 0 radical (unpaired) electrons. The van der Waals surface area contributed by atoms with Gasteiger partial charge in [-0.2, -0.15) is 0 Å². The number of hydrogen-bond donors (Lipinski definition) is 2. The van der Waals surface area contributed by atoms with Gasteiger partial charge in [0.2, 0.25) is 0 Å². The summed E-state index contributed by atoms with van der Waals surface area (Å²) in [5.41, 5.74) is 1.59. The first-order valence-electron chi connectivity index (χ1n) is 22.7. The number of unbranched alkanes of at least 4 members (excludes halogenated alkanes) is 19. The summed E-state index contributed by atoms with van der Waals surface area (Å²) in [4.78, 5) is 25.8. The van der Waals surface area contributed by atoms with Crippen LogP contribution in [-0.2, 0) is 9.59 Å². The number of rotatable bonds is 35. The molecule has 0 spiro atoms. The van der Waals surface area contributed by atoms with Gasteiger partial charge in [0.25, 0.3) is 11.8 Å². The third-order valence-electron chi connectivity index (χ3n) is 10.7. The molecule has 56 heavy (non-hydrogen) atoms. The third-order valence-corrected chi connectivity index (χ3v) is 10.7. The molecule has 8 nitrogen and oxygen atoms in total. The summed E-state index contributed by atoms with van der Waals surface area (Å²) < 4.78 is 13.1. The van der Waals surface area contributed by atoms with Crippen LogP contribution in [0.25, 0.3) is 0 Å². The van der Waals surface area contributed by atoms with E-state index < -0.39 is 0 Å². The van der Waals surface area contributed by atoms with Gasteiger partial charge >= 0.3 is 0 Å². The van der Waals surface area contributed by atoms with Crippen molar-refractivity contribution >= 4 is 23.2 Å². The first kappa shape index (κ1) is 49.0. The van der Waals surface area contributed by atoms with Crippen molar-refractivity contribution in [3.63, 3.8) is 0 Å². The third kappa shape index (κ3) is 25.9.